The first kappa shape index (κ1) is 27.3. The van der Waals surface area contributed by atoms with Gasteiger partial charge in [0.2, 0.25) is 5.56 Å². The Morgan fingerprint density at radius 3 is 2.34 bits per heavy atom. The number of rotatable bonds is 5. The zero-order valence-electron chi connectivity index (χ0n) is 19.3. The third-order valence-corrected chi connectivity index (χ3v) is 4.67. The molecule has 0 atom stereocenters. The van der Waals surface area contributed by atoms with E-state index in [1.54, 1.807) is 14.2 Å². The number of aromatic amines is 1. The number of methoxy groups -OCH3 is 1. The zero-order chi connectivity index (χ0) is 25.6. The predicted octanol–water partition coefficient (Wildman–Crippen LogP) is 4.06. The number of amides is 1. The largest absolute Gasteiger partial charge is 0.399 e. The molecule has 2 heterocycles. The number of ether oxygens (including phenoxy) is 1. The quantitative estimate of drug-likeness (QED) is 0.454. The first-order valence-corrected chi connectivity index (χ1v) is 10.8. The molecular weight excluding hydrogens is 464 g/mol. The Morgan fingerprint density at radius 1 is 1.09 bits per heavy atom. The van der Waals surface area contributed by atoms with E-state index in [0.717, 1.165) is 31.3 Å². The normalized spacial score (nSPS) is 12.9. The molecule has 10 nitrogen and oxygen atoms in total. The van der Waals surface area contributed by atoms with Crippen molar-refractivity contribution in [2.45, 2.75) is 32.1 Å². The molecule has 4 rings (SSSR count). The molecule has 188 valence electrons. The summed E-state index contributed by atoms with van der Waals surface area (Å²) < 4.78 is 35.3. The average molecular weight is 491 g/mol. The van der Waals surface area contributed by atoms with Crippen molar-refractivity contribution in [1.82, 2.24) is 15.2 Å². The molecule has 0 bridgehead atoms. The number of nitrogens with zero attached hydrogens (tertiary/aromatic N) is 2. The number of nitrogens with one attached hydrogen (secondary N) is 3. The molecule has 0 radical (unpaired) electrons. The SMILES string of the molecule is COC.O=C(Nc1ccc(=O)[nH]c1)c1nnc(Nc2ccc(F)c(F)c2)o1.O=CC1CCCCC1. The number of anilines is 3. The number of benzene rings is 1. The van der Waals surface area contributed by atoms with Crippen LogP contribution in [0.25, 0.3) is 0 Å². The molecule has 3 N–H and O–H groups in total. The van der Waals surface area contributed by atoms with Gasteiger partial charge in [-0.15, -0.1) is 5.10 Å². The van der Waals surface area contributed by atoms with Crippen molar-refractivity contribution in [2.75, 3.05) is 24.9 Å². The third-order valence-electron chi connectivity index (χ3n) is 4.67. The third kappa shape index (κ3) is 9.45. The summed E-state index contributed by atoms with van der Waals surface area (Å²) in [6.45, 7) is 0. The van der Waals surface area contributed by atoms with Crippen LogP contribution in [0, 0.1) is 17.6 Å². The van der Waals surface area contributed by atoms with Gasteiger partial charge in [0.25, 0.3) is 0 Å². The maximum Gasteiger partial charge on any atom is 0.320 e. The number of hydrogen-bond acceptors (Lipinski definition) is 8. The zero-order valence-corrected chi connectivity index (χ0v) is 19.3. The second-order valence-corrected chi connectivity index (χ2v) is 7.50. The van der Waals surface area contributed by atoms with Gasteiger partial charge in [-0.1, -0.05) is 24.4 Å². The standard InChI is InChI=1S/C14H9F2N5O3.C7H12O.C2H6O/c15-9-3-1-7(5-10(9)16)19-14-21-20-13(24-14)12(23)18-8-2-4-11(22)17-6-8;8-6-7-4-2-1-3-5-7;1-3-2/h1-6H,(H,17,22)(H,18,23)(H,19,21);6-7H,1-5H2;1-2H3. The summed E-state index contributed by atoms with van der Waals surface area (Å²) in [6, 6.07) is 5.56. The van der Waals surface area contributed by atoms with Gasteiger partial charge in [0.15, 0.2) is 11.6 Å². The molecule has 12 heteroatoms. The van der Waals surface area contributed by atoms with Crippen LogP contribution in [-0.4, -0.2) is 41.6 Å². The summed E-state index contributed by atoms with van der Waals surface area (Å²) in [4.78, 5) is 35.4. The minimum absolute atomic E-state index is 0.171. The van der Waals surface area contributed by atoms with Crippen LogP contribution in [0.1, 0.15) is 42.8 Å². The van der Waals surface area contributed by atoms with Crippen molar-refractivity contribution in [3.8, 4) is 0 Å². The Kier molecular flexibility index (Phi) is 11.2. The first-order chi connectivity index (χ1) is 16.9. The fraction of sp³-hybridized carbons (Fsp3) is 0.348. The number of halogens is 2. The van der Waals surface area contributed by atoms with Crippen molar-refractivity contribution in [3.63, 3.8) is 0 Å². The van der Waals surface area contributed by atoms with E-state index in [1.807, 2.05) is 0 Å². The Labute approximate surface area is 200 Å². The molecule has 0 aliphatic heterocycles. The van der Waals surface area contributed by atoms with Crippen LogP contribution in [0.4, 0.5) is 26.2 Å². The molecule has 2 aromatic heterocycles. The second-order valence-electron chi connectivity index (χ2n) is 7.50. The van der Waals surface area contributed by atoms with Crippen LogP contribution >= 0.6 is 0 Å². The number of aldehydes is 1. The Morgan fingerprint density at radius 2 is 1.77 bits per heavy atom. The summed E-state index contributed by atoms with van der Waals surface area (Å²) in [5.74, 6) is -2.69. The van der Waals surface area contributed by atoms with Gasteiger partial charge in [-0.05, 0) is 31.0 Å². The number of hydrogen-bond donors (Lipinski definition) is 3. The van der Waals surface area contributed by atoms with Crippen molar-refractivity contribution in [3.05, 3.63) is 64.4 Å². The lowest BCUT2D eigenvalue weighted by atomic mass is 9.91. The molecule has 0 spiro atoms. The average Bonchev–Trinajstić information content (AvgIpc) is 3.33. The van der Waals surface area contributed by atoms with Gasteiger partial charge >= 0.3 is 17.8 Å². The van der Waals surface area contributed by atoms with Gasteiger partial charge in [0, 0.05) is 44.2 Å². The summed E-state index contributed by atoms with van der Waals surface area (Å²) in [5, 5.41) is 12.1. The highest BCUT2D eigenvalue weighted by atomic mass is 19.2. The second kappa shape index (κ2) is 14.4. The van der Waals surface area contributed by atoms with E-state index in [0.29, 0.717) is 11.6 Å². The minimum atomic E-state index is -1.05. The molecule has 1 saturated carbocycles. The van der Waals surface area contributed by atoms with Crippen LogP contribution in [0.3, 0.4) is 0 Å². The highest BCUT2D eigenvalue weighted by Gasteiger charge is 2.16. The lowest BCUT2D eigenvalue weighted by molar-refractivity contribution is -0.111. The molecule has 1 aliphatic rings. The van der Waals surface area contributed by atoms with E-state index in [4.69, 9.17) is 4.42 Å². The first-order valence-electron chi connectivity index (χ1n) is 10.8. The predicted molar refractivity (Wildman–Crippen MR) is 125 cm³/mol. The molecule has 0 unspecified atom stereocenters. The number of carbonyl (C=O) groups excluding carboxylic acids is 2. The number of pyridine rings is 1. The van der Waals surface area contributed by atoms with E-state index < -0.39 is 17.5 Å². The molecule has 0 saturated heterocycles. The molecule has 1 aliphatic carbocycles. The van der Waals surface area contributed by atoms with Crippen LogP contribution in [0.2, 0.25) is 0 Å². The van der Waals surface area contributed by atoms with Crippen molar-refractivity contribution < 1.29 is 27.5 Å². The number of carbonyl (C=O) groups is 2. The monoisotopic (exact) mass is 491 g/mol. The number of aromatic nitrogens is 3. The van der Waals surface area contributed by atoms with E-state index >= 15 is 0 Å². The van der Waals surface area contributed by atoms with Gasteiger partial charge in [-0.3, -0.25) is 9.59 Å². The van der Waals surface area contributed by atoms with Gasteiger partial charge in [0.1, 0.15) is 6.29 Å². The lowest BCUT2D eigenvalue weighted by Gasteiger charge is -2.14. The van der Waals surface area contributed by atoms with Gasteiger partial charge in [-0.25, -0.2) is 8.78 Å². The van der Waals surface area contributed by atoms with E-state index in [2.05, 4.69) is 30.6 Å². The topological polar surface area (TPSA) is 139 Å². The Balaban J connectivity index is 0.000000327. The molecular formula is C23H27F2N5O5. The Hall–Kier alpha value is -3.93. The fourth-order valence-electron chi connectivity index (χ4n) is 3.01. The van der Waals surface area contributed by atoms with Gasteiger partial charge in [0.05, 0.1) is 5.69 Å². The Bertz CT molecular complexity index is 1120. The molecule has 35 heavy (non-hydrogen) atoms. The molecule has 1 aromatic carbocycles. The summed E-state index contributed by atoms with van der Waals surface area (Å²) in [5.41, 5.74) is 0.182. The fourth-order valence-corrected chi connectivity index (χ4v) is 3.01. The molecule has 3 aromatic rings. The van der Waals surface area contributed by atoms with E-state index in [1.165, 1.54) is 43.7 Å². The summed E-state index contributed by atoms with van der Waals surface area (Å²) in [6.07, 6.45) is 8.57. The summed E-state index contributed by atoms with van der Waals surface area (Å²) in [7, 11) is 3.25. The van der Waals surface area contributed by atoms with Gasteiger partial charge < -0.3 is 29.6 Å². The van der Waals surface area contributed by atoms with Crippen LogP contribution < -0.4 is 16.2 Å². The number of H-pyrrole nitrogens is 1. The highest BCUT2D eigenvalue weighted by Crippen LogP contribution is 2.21. The molecule has 1 amide bonds. The smallest absolute Gasteiger partial charge is 0.320 e. The van der Waals surface area contributed by atoms with Crippen LogP contribution in [0.5, 0.6) is 0 Å². The van der Waals surface area contributed by atoms with Crippen LogP contribution in [0.15, 0.2) is 45.7 Å². The highest BCUT2D eigenvalue weighted by molar-refractivity contribution is 6.00. The van der Waals surface area contributed by atoms with Crippen molar-refractivity contribution in [1.29, 1.82) is 0 Å². The maximum atomic E-state index is 13.1. The van der Waals surface area contributed by atoms with Gasteiger partial charge in [-0.2, -0.15) is 0 Å². The lowest BCUT2D eigenvalue weighted by Crippen LogP contribution is -2.14. The summed E-state index contributed by atoms with van der Waals surface area (Å²) >= 11 is 0. The maximum absolute atomic E-state index is 13.1. The molecule has 1 fully saturated rings. The van der Waals surface area contributed by atoms with Crippen LogP contribution in [-0.2, 0) is 9.53 Å². The van der Waals surface area contributed by atoms with Crippen molar-refractivity contribution >= 4 is 29.6 Å². The van der Waals surface area contributed by atoms with E-state index in [-0.39, 0.29) is 23.2 Å². The minimum Gasteiger partial charge on any atom is -0.399 e. The van der Waals surface area contributed by atoms with E-state index in [9.17, 15) is 23.2 Å². The van der Waals surface area contributed by atoms with Crippen molar-refractivity contribution in [2.24, 2.45) is 5.92 Å².